The molecule has 0 aliphatic heterocycles. The van der Waals surface area contributed by atoms with Gasteiger partial charge in [0.05, 0.1) is 10.6 Å². The Balaban J connectivity index is 2.28. The Labute approximate surface area is 121 Å². The lowest BCUT2D eigenvalue weighted by atomic mass is 10.0. The summed E-state index contributed by atoms with van der Waals surface area (Å²) in [6.45, 7) is 0. The largest absolute Gasteiger partial charge is 0.388 e. The van der Waals surface area contributed by atoms with E-state index in [1.165, 1.54) is 12.1 Å². The van der Waals surface area contributed by atoms with Crippen LogP contribution in [0.2, 0.25) is 0 Å². The summed E-state index contributed by atoms with van der Waals surface area (Å²) < 4.78 is 52.5. The molecule has 2 aromatic carbocycles. The molecule has 20 heavy (non-hydrogen) atoms. The maximum atomic E-state index is 13.3. The van der Waals surface area contributed by atoms with E-state index in [4.69, 9.17) is 0 Å². The maximum Gasteiger partial charge on any atom is 0.194 e. The monoisotopic (exact) mass is 348 g/mol. The quantitative estimate of drug-likeness (QED) is 0.648. The lowest BCUT2D eigenvalue weighted by Gasteiger charge is -2.13. The molecule has 1 atom stereocenters. The van der Waals surface area contributed by atoms with Crippen molar-refractivity contribution in [3.63, 3.8) is 0 Å². The van der Waals surface area contributed by atoms with Crippen LogP contribution < -0.4 is 0 Å². The summed E-state index contributed by atoms with van der Waals surface area (Å²) in [4.78, 5) is 0. The number of hydrogen-bond acceptors (Lipinski definition) is 1. The van der Waals surface area contributed by atoms with Crippen molar-refractivity contribution in [2.24, 2.45) is 0 Å². The highest BCUT2D eigenvalue weighted by atomic mass is 79.9. The summed E-state index contributed by atoms with van der Waals surface area (Å²) in [5, 5.41) is 9.93. The summed E-state index contributed by atoms with van der Waals surface area (Å²) >= 11 is 3.03. The van der Waals surface area contributed by atoms with Gasteiger partial charge in [0.15, 0.2) is 17.5 Å². The van der Waals surface area contributed by atoms with E-state index in [9.17, 15) is 22.7 Å². The first-order valence-corrected chi connectivity index (χ1v) is 6.45. The lowest BCUT2D eigenvalue weighted by Crippen LogP contribution is -2.05. The molecule has 2 rings (SSSR count). The molecule has 106 valence electrons. The first-order chi connectivity index (χ1) is 9.40. The lowest BCUT2D eigenvalue weighted by molar-refractivity contribution is 0.176. The molecule has 0 saturated carbocycles. The van der Waals surface area contributed by atoms with Gasteiger partial charge in [-0.2, -0.15) is 0 Å². The van der Waals surface area contributed by atoms with Crippen molar-refractivity contribution >= 4 is 15.9 Å². The number of benzene rings is 2. The van der Waals surface area contributed by atoms with Gasteiger partial charge in [-0.05, 0) is 45.3 Å². The normalized spacial score (nSPS) is 12.5. The van der Waals surface area contributed by atoms with Gasteiger partial charge in [0.2, 0.25) is 0 Å². The zero-order valence-electron chi connectivity index (χ0n) is 10.0. The van der Waals surface area contributed by atoms with Crippen molar-refractivity contribution in [2.75, 3.05) is 0 Å². The van der Waals surface area contributed by atoms with Crippen LogP contribution in [0.5, 0.6) is 0 Å². The van der Waals surface area contributed by atoms with Crippen LogP contribution >= 0.6 is 15.9 Å². The molecule has 1 nitrogen and oxygen atoms in total. The number of hydrogen-bond donors (Lipinski definition) is 1. The molecule has 1 N–H and O–H groups in total. The van der Waals surface area contributed by atoms with Crippen molar-refractivity contribution in [1.29, 1.82) is 0 Å². The van der Waals surface area contributed by atoms with Crippen molar-refractivity contribution < 1.29 is 22.7 Å². The number of aliphatic hydroxyl groups excluding tert-OH is 1. The van der Waals surface area contributed by atoms with E-state index in [0.717, 1.165) is 12.1 Å². The van der Waals surface area contributed by atoms with Gasteiger partial charge < -0.3 is 5.11 Å². The topological polar surface area (TPSA) is 20.2 Å². The molecule has 0 spiro atoms. The summed E-state index contributed by atoms with van der Waals surface area (Å²) in [6.07, 6.45) is -1.35. The van der Waals surface area contributed by atoms with Crippen LogP contribution in [0.15, 0.2) is 34.8 Å². The Morgan fingerprint density at radius 3 is 2.20 bits per heavy atom. The Bertz CT molecular complexity index is 622. The third kappa shape index (κ3) is 3.02. The molecular formula is C14H9BrF4O. The standard InChI is InChI=1S/C14H9BrF4O/c15-13-7(2-1-3-9(13)16)6-12(20)8-4-10(17)14(19)11(18)5-8/h1-5,12,20H,6H2. The first-order valence-electron chi connectivity index (χ1n) is 5.65. The van der Waals surface area contributed by atoms with Crippen molar-refractivity contribution in [3.8, 4) is 0 Å². The molecule has 0 saturated heterocycles. The maximum absolute atomic E-state index is 13.3. The fourth-order valence-corrected chi connectivity index (χ4v) is 2.23. The highest BCUT2D eigenvalue weighted by Crippen LogP contribution is 2.27. The Kier molecular flexibility index (Phi) is 4.45. The van der Waals surface area contributed by atoms with E-state index in [2.05, 4.69) is 15.9 Å². The van der Waals surface area contributed by atoms with Crippen LogP contribution in [0.4, 0.5) is 17.6 Å². The fraction of sp³-hybridized carbons (Fsp3) is 0.143. The summed E-state index contributed by atoms with van der Waals surface area (Å²) in [7, 11) is 0. The van der Waals surface area contributed by atoms with Gasteiger partial charge >= 0.3 is 0 Å². The van der Waals surface area contributed by atoms with Gasteiger partial charge in [0.1, 0.15) is 5.82 Å². The Hall–Kier alpha value is -1.40. The average Bonchev–Trinajstić information content (AvgIpc) is 2.40. The van der Waals surface area contributed by atoms with Gasteiger partial charge in [0, 0.05) is 6.42 Å². The van der Waals surface area contributed by atoms with Crippen LogP contribution in [0.3, 0.4) is 0 Å². The molecule has 6 heteroatoms. The zero-order chi connectivity index (χ0) is 14.9. The molecule has 0 aromatic heterocycles. The molecule has 2 aromatic rings. The Morgan fingerprint density at radius 1 is 1.00 bits per heavy atom. The molecule has 0 aliphatic carbocycles. The van der Waals surface area contributed by atoms with Gasteiger partial charge in [-0.15, -0.1) is 0 Å². The molecular weight excluding hydrogens is 340 g/mol. The van der Waals surface area contributed by atoms with Crippen molar-refractivity contribution in [3.05, 3.63) is 69.2 Å². The average molecular weight is 349 g/mol. The van der Waals surface area contributed by atoms with Crippen LogP contribution in [0.1, 0.15) is 17.2 Å². The SMILES string of the molecule is OC(Cc1cccc(F)c1Br)c1cc(F)c(F)c(F)c1. The number of rotatable bonds is 3. The Morgan fingerprint density at radius 2 is 1.60 bits per heavy atom. The molecule has 0 bridgehead atoms. The highest BCUT2D eigenvalue weighted by molar-refractivity contribution is 9.10. The van der Waals surface area contributed by atoms with E-state index in [1.807, 2.05) is 0 Å². The van der Waals surface area contributed by atoms with Crippen LogP contribution in [0, 0.1) is 23.3 Å². The molecule has 0 heterocycles. The molecule has 0 amide bonds. The number of aliphatic hydroxyl groups is 1. The van der Waals surface area contributed by atoms with Crippen LogP contribution in [0.25, 0.3) is 0 Å². The second kappa shape index (κ2) is 5.93. The van der Waals surface area contributed by atoms with Crippen molar-refractivity contribution in [1.82, 2.24) is 0 Å². The smallest absolute Gasteiger partial charge is 0.194 e. The van der Waals surface area contributed by atoms with Gasteiger partial charge in [-0.25, -0.2) is 17.6 Å². The van der Waals surface area contributed by atoms with Gasteiger partial charge in [0.25, 0.3) is 0 Å². The molecule has 0 radical (unpaired) electrons. The molecule has 0 fully saturated rings. The second-order valence-corrected chi connectivity index (χ2v) is 5.02. The van der Waals surface area contributed by atoms with E-state index in [0.29, 0.717) is 5.56 Å². The van der Waals surface area contributed by atoms with Crippen LogP contribution in [-0.4, -0.2) is 5.11 Å². The molecule has 0 aliphatic rings. The fourth-order valence-electron chi connectivity index (χ4n) is 1.80. The summed E-state index contributed by atoms with van der Waals surface area (Å²) in [5.74, 6) is -4.85. The summed E-state index contributed by atoms with van der Waals surface area (Å²) in [5.41, 5.74) is 0.320. The predicted molar refractivity (Wildman–Crippen MR) is 69.1 cm³/mol. The third-order valence-electron chi connectivity index (χ3n) is 2.84. The second-order valence-electron chi connectivity index (χ2n) is 4.23. The van der Waals surface area contributed by atoms with Gasteiger partial charge in [-0.1, -0.05) is 12.1 Å². The minimum atomic E-state index is -1.59. The minimum absolute atomic E-state index is 0.0666. The van der Waals surface area contributed by atoms with E-state index in [1.54, 1.807) is 6.07 Å². The van der Waals surface area contributed by atoms with E-state index < -0.39 is 29.4 Å². The summed E-state index contributed by atoms with van der Waals surface area (Å²) in [6, 6.07) is 5.68. The highest BCUT2D eigenvalue weighted by Gasteiger charge is 2.17. The number of halogens is 5. The first kappa shape index (κ1) is 15.0. The molecule has 1 unspecified atom stereocenters. The zero-order valence-corrected chi connectivity index (χ0v) is 11.6. The van der Waals surface area contributed by atoms with Crippen molar-refractivity contribution in [2.45, 2.75) is 12.5 Å². The van der Waals surface area contributed by atoms with Gasteiger partial charge in [-0.3, -0.25) is 0 Å². The van der Waals surface area contributed by atoms with E-state index in [-0.39, 0.29) is 16.5 Å². The van der Waals surface area contributed by atoms with Crippen LogP contribution in [-0.2, 0) is 6.42 Å². The van der Waals surface area contributed by atoms with E-state index >= 15 is 0 Å². The third-order valence-corrected chi connectivity index (χ3v) is 3.72. The minimum Gasteiger partial charge on any atom is -0.388 e. The predicted octanol–water partition coefficient (Wildman–Crippen LogP) is 4.28.